The topological polar surface area (TPSA) is 101 Å². The molecule has 1 N–H and O–H groups in total. The Morgan fingerprint density at radius 3 is 2.44 bits per heavy atom. The highest BCUT2D eigenvalue weighted by molar-refractivity contribution is 5.79. The Kier molecular flexibility index (Phi) is 5.58. The number of rotatable bonds is 0. The van der Waals surface area contributed by atoms with Gasteiger partial charge < -0.3 is 19.6 Å². The summed E-state index contributed by atoms with van der Waals surface area (Å²) >= 11 is 0. The van der Waals surface area contributed by atoms with Crippen LogP contribution < -0.4 is 4.74 Å². The van der Waals surface area contributed by atoms with Crippen LogP contribution in [-0.2, 0) is 29.0 Å². The molecule has 2 saturated heterocycles. The molecule has 2 amide bonds. The molecule has 32 heavy (non-hydrogen) atoms. The number of carbonyl (C=O) groups is 2. The molecule has 1 aromatic carbocycles. The Balaban J connectivity index is 1.36. The highest BCUT2D eigenvalue weighted by Gasteiger charge is 2.46. The van der Waals surface area contributed by atoms with Crippen molar-refractivity contribution in [2.24, 2.45) is 5.92 Å². The van der Waals surface area contributed by atoms with Crippen LogP contribution in [0.4, 0.5) is 0 Å². The van der Waals surface area contributed by atoms with Crippen LogP contribution in [0.1, 0.15) is 30.5 Å². The van der Waals surface area contributed by atoms with E-state index in [-0.39, 0.29) is 17.7 Å². The molecule has 2 atom stereocenters. The lowest BCUT2D eigenvalue weighted by atomic mass is 9.75. The molecule has 1 aromatic heterocycles. The minimum atomic E-state index is -0.799. The molecule has 0 radical (unpaired) electrons. The maximum atomic E-state index is 12.9. The van der Waals surface area contributed by atoms with Gasteiger partial charge in [-0.3, -0.25) is 9.59 Å². The first-order valence-corrected chi connectivity index (χ1v) is 11.4. The second-order valence-corrected chi connectivity index (χ2v) is 9.12. The van der Waals surface area contributed by atoms with E-state index in [0.717, 1.165) is 17.0 Å². The van der Waals surface area contributed by atoms with Crippen molar-refractivity contribution in [3.63, 3.8) is 0 Å². The van der Waals surface area contributed by atoms with E-state index in [9.17, 15) is 14.7 Å². The molecule has 0 saturated carbocycles. The molecule has 4 aliphatic heterocycles. The van der Waals surface area contributed by atoms with Gasteiger partial charge in [-0.05, 0) is 30.5 Å². The summed E-state index contributed by atoms with van der Waals surface area (Å²) in [4.78, 5) is 29.5. The molecule has 170 valence electrons. The molecular weight excluding hydrogens is 410 g/mol. The maximum absolute atomic E-state index is 12.9. The van der Waals surface area contributed by atoms with Gasteiger partial charge in [0.1, 0.15) is 12.4 Å². The predicted molar refractivity (Wildman–Crippen MR) is 115 cm³/mol. The fourth-order valence-electron chi connectivity index (χ4n) is 4.96. The average Bonchev–Trinajstić information content (AvgIpc) is 3.25. The van der Waals surface area contributed by atoms with Crippen molar-refractivity contribution in [2.45, 2.75) is 44.2 Å². The number of amides is 2. The molecule has 4 aliphatic rings. The van der Waals surface area contributed by atoms with Gasteiger partial charge in [0, 0.05) is 51.1 Å². The summed E-state index contributed by atoms with van der Waals surface area (Å²) in [5.74, 6) is 0.729. The highest BCUT2D eigenvalue weighted by Crippen LogP contribution is 2.36. The molecule has 9 nitrogen and oxygen atoms in total. The largest absolute Gasteiger partial charge is 0.492 e. The van der Waals surface area contributed by atoms with Crippen molar-refractivity contribution < 1.29 is 19.4 Å². The van der Waals surface area contributed by atoms with Gasteiger partial charge in [-0.2, -0.15) is 0 Å². The Bertz CT molecular complexity index is 991. The standard InChI is InChI=1S/C23H29N5O4/c29-21-6-3-19-16-28(25-24-19)11-12-32-20-4-1-17(2-5-20)13-22(30)27-10-8-23(31)7-9-26(21)14-18(23)15-27/h1-2,4-5,16,18,31H,3,6-15H2/t18-,23-/m0/s1. The third kappa shape index (κ3) is 4.34. The number of aryl methyl sites for hydroxylation is 1. The number of carbonyl (C=O) groups excluding carboxylic acids is 2. The number of nitrogens with zero attached hydrogens (tertiary/aromatic N) is 5. The number of aliphatic hydroxyl groups is 1. The van der Waals surface area contributed by atoms with Gasteiger partial charge in [-0.1, -0.05) is 17.3 Å². The van der Waals surface area contributed by atoms with E-state index in [4.69, 9.17) is 4.74 Å². The maximum Gasteiger partial charge on any atom is 0.227 e. The SMILES string of the molecule is O=C1CCc2cn(nn2)CCOc2ccc(cc2)CC(=O)N2CC[C@@]3(O)CCN1C[C@H]3C2. The van der Waals surface area contributed by atoms with Crippen LogP contribution in [0, 0.1) is 5.92 Å². The Labute approximate surface area is 186 Å². The van der Waals surface area contributed by atoms with E-state index in [2.05, 4.69) is 10.3 Å². The summed E-state index contributed by atoms with van der Waals surface area (Å²) in [6, 6.07) is 7.60. The number of benzene rings is 1. The molecule has 7 bridgehead atoms. The van der Waals surface area contributed by atoms with Crippen molar-refractivity contribution in [3.8, 4) is 5.75 Å². The number of fused-ring (bicyclic) bond motifs is 7. The van der Waals surface area contributed by atoms with Crippen LogP contribution in [-0.4, -0.2) is 80.1 Å². The Morgan fingerprint density at radius 2 is 1.69 bits per heavy atom. The second kappa shape index (κ2) is 8.54. The summed E-state index contributed by atoms with van der Waals surface area (Å²) in [6.07, 6.45) is 4.17. The van der Waals surface area contributed by atoms with Gasteiger partial charge in [-0.15, -0.1) is 5.10 Å². The number of piperidine rings is 2. The van der Waals surface area contributed by atoms with Gasteiger partial charge in [0.25, 0.3) is 0 Å². The normalized spacial score (nSPS) is 26.8. The molecule has 0 aliphatic carbocycles. The Hall–Kier alpha value is -2.94. The number of aromatic nitrogens is 3. The highest BCUT2D eigenvalue weighted by atomic mass is 16.5. The molecule has 0 spiro atoms. The van der Waals surface area contributed by atoms with E-state index in [1.165, 1.54) is 0 Å². The lowest BCUT2D eigenvalue weighted by Crippen LogP contribution is -2.61. The zero-order valence-electron chi connectivity index (χ0n) is 18.2. The van der Waals surface area contributed by atoms with Crippen molar-refractivity contribution in [1.82, 2.24) is 24.8 Å². The summed E-state index contributed by atoms with van der Waals surface area (Å²) < 4.78 is 7.51. The molecule has 0 unspecified atom stereocenters. The zero-order valence-corrected chi connectivity index (χ0v) is 18.2. The molecule has 5 heterocycles. The summed E-state index contributed by atoms with van der Waals surface area (Å²) in [6.45, 7) is 3.08. The van der Waals surface area contributed by atoms with Gasteiger partial charge >= 0.3 is 0 Å². The molecule has 9 heteroatoms. The first-order valence-electron chi connectivity index (χ1n) is 11.4. The van der Waals surface area contributed by atoms with Crippen LogP contribution in [0.15, 0.2) is 30.5 Å². The third-order valence-electron chi connectivity index (χ3n) is 7.03. The van der Waals surface area contributed by atoms with E-state index in [0.29, 0.717) is 71.4 Å². The van der Waals surface area contributed by atoms with Crippen LogP contribution in [0.5, 0.6) is 5.75 Å². The van der Waals surface area contributed by atoms with E-state index in [1.807, 2.05) is 40.3 Å². The fourth-order valence-corrected chi connectivity index (χ4v) is 4.96. The van der Waals surface area contributed by atoms with Gasteiger partial charge in [-0.25, -0.2) is 4.68 Å². The number of ether oxygens (including phenoxy) is 1. The quantitative estimate of drug-likeness (QED) is 0.647. The lowest BCUT2D eigenvalue weighted by molar-refractivity contribution is -0.153. The van der Waals surface area contributed by atoms with Crippen molar-refractivity contribution >= 4 is 11.8 Å². The summed E-state index contributed by atoms with van der Waals surface area (Å²) in [7, 11) is 0. The molecule has 6 rings (SSSR count). The van der Waals surface area contributed by atoms with Crippen molar-refractivity contribution in [2.75, 3.05) is 32.8 Å². The monoisotopic (exact) mass is 439 g/mol. The van der Waals surface area contributed by atoms with E-state index >= 15 is 0 Å². The second-order valence-electron chi connectivity index (χ2n) is 9.12. The third-order valence-corrected chi connectivity index (χ3v) is 7.03. The van der Waals surface area contributed by atoms with E-state index < -0.39 is 5.60 Å². The summed E-state index contributed by atoms with van der Waals surface area (Å²) in [5, 5.41) is 19.4. The molecular formula is C23H29N5O4. The average molecular weight is 440 g/mol. The Morgan fingerprint density at radius 1 is 0.969 bits per heavy atom. The predicted octanol–water partition coefficient (Wildman–Crippen LogP) is 0.658. The minimum Gasteiger partial charge on any atom is -0.492 e. The first-order chi connectivity index (χ1) is 15.5. The first kappa shape index (κ1) is 20.9. The summed E-state index contributed by atoms with van der Waals surface area (Å²) in [5.41, 5.74) is 0.908. The van der Waals surface area contributed by atoms with Crippen LogP contribution >= 0.6 is 0 Å². The van der Waals surface area contributed by atoms with E-state index in [1.54, 1.807) is 4.68 Å². The number of hydrogen-bond donors (Lipinski definition) is 1. The minimum absolute atomic E-state index is 0.0538. The fraction of sp³-hybridized carbons (Fsp3) is 0.565. The van der Waals surface area contributed by atoms with Gasteiger partial charge in [0.2, 0.25) is 11.8 Å². The lowest BCUT2D eigenvalue weighted by Gasteiger charge is -2.50. The van der Waals surface area contributed by atoms with Crippen molar-refractivity contribution in [1.29, 1.82) is 0 Å². The molecule has 2 aromatic rings. The zero-order chi connectivity index (χ0) is 22.1. The smallest absolute Gasteiger partial charge is 0.227 e. The number of hydrogen-bond acceptors (Lipinski definition) is 6. The van der Waals surface area contributed by atoms with Crippen LogP contribution in [0.25, 0.3) is 0 Å². The van der Waals surface area contributed by atoms with Crippen LogP contribution in [0.3, 0.4) is 0 Å². The molecule has 2 fully saturated rings. The van der Waals surface area contributed by atoms with Gasteiger partial charge in [0.15, 0.2) is 0 Å². The van der Waals surface area contributed by atoms with Crippen LogP contribution in [0.2, 0.25) is 0 Å². The van der Waals surface area contributed by atoms with Crippen molar-refractivity contribution in [3.05, 3.63) is 41.7 Å². The van der Waals surface area contributed by atoms with Gasteiger partial charge in [0.05, 0.1) is 24.3 Å².